The Kier molecular flexibility index (Phi) is 5.87. The molecule has 0 spiro atoms. The monoisotopic (exact) mass is 293 g/mol. The minimum atomic E-state index is -0.738. The molecule has 8 heteroatoms. The van der Waals surface area contributed by atoms with Gasteiger partial charge in [0.25, 0.3) is 5.91 Å². The van der Waals surface area contributed by atoms with Gasteiger partial charge >= 0.3 is 12.0 Å². The normalized spacial score (nSPS) is 9.43. The van der Waals surface area contributed by atoms with E-state index in [0.29, 0.717) is 5.69 Å². The molecular weight excluding hydrogens is 278 g/mol. The van der Waals surface area contributed by atoms with E-state index in [2.05, 4.69) is 10.6 Å². The smallest absolute Gasteiger partial charge is 0.338 e. The van der Waals surface area contributed by atoms with E-state index in [1.54, 1.807) is 0 Å². The molecule has 0 saturated heterocycles. The second-order valence-electron chi connectivity index (χ2n) is 3.96. The van der Waals surface area contributed by atoms with Gasteiger partial charge < -0.3 is 15.4 Å². The van der Waals surface area contributed by atoms with Crippen molar-refractivity contribution in [3.05, 3.63) is 29.8 Å². The maximum absolute atomic E-state index is 11.6. The van der Waals surface area contributed by atoms with Gasteiger partial charge in [-0.2, -0.15) is 0 Å². The summed E-state index contributed by atoms with van der Waals surface area (Å²) in [6.07, 6.45) is 0. The lowest BCUT2D eigenvalue weighted by Gasteiger charge is -2.06. The molecule has 0 heterocycles. The first-order chi connectivity index (χ1) is 9.92. The number of carbonyl (C=O) groups excluding carboxylic acids is 4. The molecule has 1 aromatic carbocycles. The number of ether oxygens (including phenoxy) is 1. The van der Waals surface area contributed by atoms with E-state index in [-0.39, 0.29) is 11.5 Å². The molecule has 0 aliphatic heterocycles. The van der Waals surface area contributed by atoms with E-state index in [0.717, 1.165) is 0 Å². The van der Waals surface area contributed by atoms with Crippen LogP contribution in [0.25, 0.3) is 0 Å². The average Bonchev–Trinajstić information content (AvgIpc) is 2.44. The number of rotatable bonds is 4. The van der Waals surface area contributed by atoms with Gasteiger partial charge in [0, 0.05) is 19.7 Å². The summed E-state index contributed by atoms with van der Waals surface area (Å²) in [5.74, 6) is -1.68. The molecule has 1 aromatic rings. The molecule has 0 unspecified atom stereocenters. The highest BCUT2D eigenvalue weighted by Crippen LogP contribution is 2.10. The molecular formula is C13H15N3O5. The molecule has 0 aliphatic rings. The zero-order valence-corrected chi connectivity index (χ0v) is 11.6. The first kappa shape index (κ1) is 16.2. The molecule has 3 N–H and O–H groups in total. The number of carbonyl (C=O) groups is 4. The molecule has 0 saturated carbocycles. The van der Waals surface area contributed by atoms with E-state index in [1.807, 2.05) is 5.32 Å². The molecule has 0 aromatic heterocycles. The van der Waals surface area contributed by atoms with Crippen molar-refractivity contribution in [3.63, 3.8) is 0 Å². The maximum atomic E-state index is 11.6. The second kappa shape index (κ2) is 7.63. The summed E-state index contributed by atoms with van der Waals surface area (Å²) < 4.78 is 4.74. The Hall–Kier alpha value is -2.90. The number of esters is 1. The summed E-state index contributed by atoms with van der Waals surface area (Å²) in [4.78, 5) is 44.6. The fraction of sp³-hybridized carbons (Fsp3) is 0.231. The van der Waals surface area contributed by atoms with Crippen LogP contribution in [0.3, 0.4) is 0 Å². The third kappa shape index (κ3) is 5.72. The lowest BCUT2D eigenvalue weighted by Crippen LogP contribution is -2.39. The third-order valence-electron chi connectivity index (χ3n) is 2.26. The predicted octanol–water partition coefficient (Wildman–Crippen LogP) is 0.257. The van der Waals surface area contributed by atoms with Gasteiger partial charge in [0.1, 0.15) is 0 Å². The molecule has 4 amide bonds. The largest absolute Gasteiger partial charge is 0.452 e. The molecule has 0 atom stereocenters. The number of imide groups is 1. The molecule has 8 nitrogen and oxygen atoms in total. The van der Waals surface area contributed by atoms with Crippen LogP contribution in [-0.4, -0.2) is 37.5 Å². The van der Waals surface area contributed by atoms with Gasteiger partial charge in [0.15, 0.2) is 6.61 Å². The van der Waals surface area contributed by atoms with Crippen molar-refractivity contribution >= 4 is 29.5 Å². The minimum absolute atomic E-state index is 0.219. The van der Waals surface area contributed by atoms with Gasteiger partial charge in [-0.25, -0.2) is 9.59 Å². The highest BCUT2D eigenvalue weighted by molar-refractivity contribution is 5.97. The summed E-state index contributed by atoms with van der Waals surface area (Å²) in [5, 5.41) is 6.69. The van der Waals surface area contributed by atoms with Crippen molar-refractivity contribution in [3.8, 4) is 0 Å². The van der Waals surface area contributed by atoms with Crippen molar-refractivity contribution in [1.82, 2.24) is 10.6 Å². The number of hydrogen-bond donors (Lipinski definition) is 3. The Morgan fingerprint density at radius 3 is 2.24 bits per heavy atom. The summed E-state index contributed by atoms with van der Waals surface area (Å²) in [5.41, 5.74) is 0.758. The molecule has 0 fully saturated rings. The van der Waals surface area contributed by atoms with Gasteiger partial charge in [-0.05, 0) is 24.3 Å². The van der Waals surface area contributed by atoms with Crippen LogP contribution in [0.15, 0.2) is 24.3 Å². The van der Waals surface area contributed by atoms with E-state index >= 15 is 0 Å². The van der Waals surface area contributed by atoms with Crippen molar-refractivity contribution in [2.75, 3.05) is 19.0 Å². The average molecular weight is 293 g/mol. The Morgan fingerprint density at radius 1 is 1.10 bits per heavy atom. The van der Waals surface area contributed by atoms with Crippen LogP contribution in [-0.2, 0) is 14.3 Å². The zero-order chi connectivity index (χ0) is 15.8. The highest BCUT2D eigenvalue weighted by atomic mass is 16.5. The predicted molar refractivity (Wildman–Crippen MR) is 73.6 cm³/mol. The molecule has 21 heavy (non-hydrogen) atoms. The number of anilines is 1. The van der Waals surface area contributed by atoms with Crippen LogP contribution in [0.2, 0.25) is 0 Å². The summed E-state index contributed by atoms with van der Waals surface area (Å²) in [7, 11) is 1.35. The van der Waals surface area contributed by atoms with Crippen molar-refractivity contribution < 1.29 is 23.9 Å². The number of nitrogens with one attached hydrogen (secondary N) is 3. The fourth-order valence-electron chi connectivity index (χ4n) is 1.33. The second-order valence-corrected chi connectivity index (χ2v) is 3.96. The summed E-state index contributed by atoms with van der Waals surface area (Å²) >= 11 is 0. The third-order valence-corrected chi connectivity index (χ3v) is 2.26. The Morgan fingerprint density at radius 2 is 1.71 bits per heavy atom. The molecule has 0 aliphatic carbocycles. The fourth-order valence-corrected chi connectivity index (χ4v) is 1.33. The lowest BCUT2D eigenvalue weighted by molar-refractivity contribution is -0.123. The van der Waals surface area contributed by atoms with Gasteiger partial charge in [0.2, 0.25) is 5.91 Å². The summed E-state index contributed by atoms with van der Waals surface area (Å²) in [6.45, 7) is 0.799. The molecule has 0 radical (unpaired) electrons. The first-order valence-corrected chi connectivity index (χ1v) is 5.98. The van der Waals surface area contributed by atoms with Crippen LogP contribution in [0.5, 0.6) is 0 Å². The van der Waals surface area contributed by atoms with E-state index in [1.165, 1.54) is 38.2 Å². The van der Waals surface area contributed by atoms with E-state index in [9.17, 15) is 19.2 Å². The number of benzene rings is 1. The quantitative estimate of drug-likeness (QED) is 0.689. The summed E-state index contributed by atoms with van der Waals surface area (Å²) in [6, 6.07) is 5.27. The van der Waals surface area contributed by atoms with Crippen LogP contribution < -0.4 is 16.0 Å². The van der Waals surface area contributed by atoms with Gasteiger partial charge in [-0.15, -0.1) is 0 Å². The molecule has 0 bridgehead atoms. The lowest BCUT2D eigenvalue weighted by atomic mass is 10.2. The molecule has 112 valence electrons. The van der Waals surface area contributed by atoms with Crippen LogP contribution in [0.4, 0.5) is 10.5 Å². The van der Waals surface area contributed by atoms with Crippen LogP contribution >= 0.6 is 0 Å². The van der Waals surface area contributed by atoms with Gasteiger partial charge in [-0.3, -0.25) is 14.9 Å². The molecule has 1 rings (SSSR count). The minimum Gasteiger partial charge on any atom is -0.452 e. The van der Waals surface area contributed by atoms with E-state index < -0.39 is 24.5 Å². The Bertz CT molecular complexity index is 553. The number of urea groups is 1. The van der Waals surface area contributed by atoms with Gasteiger partial charge in [-0.1, -0.05) is 0 Å². The Balaban J connectivity index is 2.50. The Labute approximate surface area is 120 Å². The van der Waals surface area contributed by atoms with Crippen molar-refractivity contribution in [2.24, 2.45) is 0 Å². The SMILES string of the molecule is CNC(=O)NC(=O)COC(=O)c1ccc(NC(C)=O)cc1. The number of hydrogen-bond acceptors (Lipinski definition) is 5. The van der Waals surface area contributed by atoms with Gasteiger partial charge in [0.05, 0.1) is 5.56 Å². The van der Waals surface area contributed by atoms with E-state index in [4.69, 9.17) is 4.74 Å². The highest BCUT2D eigenvalue weighted by Gasteiger charge is 2.11. The number of amides is 4. The standard InChI is InChI=1S/C13H15N3O5/c1-8(17)15-10-5-3-9(4-6-10)12(19)21-7-11(18)16-13(20)14-2/h3-6H,7H2,1-2H3,(H,15,17)(H2,14,16,18,20). The zero-order valence-electron chi connectivity index (χ0n) is 11.6. The van der Waals surface area contributed by atoms with Crippen molar-refractivity contribution in [2.45, 2.75) is 6.92 Å². The van der Waals surface area contributed by atoms with Crippen molar-refractivity contribution in [1.29, 1.82) is 0 Å². The maximum Gasteiger partial charge on any atom is 0.338 e. The van der Waals surface area contributed by atoms with Crippen LogP contribution in [0, 0.1) is 0 Å². The topological polar surface area (TPSA) is 114 Å². The first-order valence-electron chi connectivity index (χ1n) is 5.98. The van der Waals surface area contributed by atoms with Crippen LogP contribution in [0.1, 0.15) is 17.3 Å².